The zero-order chi connectivity index (χ0) is 20.3. The van der Waals surface area contributed by atoms with Crippen molar-refractivity contribution in [3.63, 3.8) is 0 Å². The minimum absolute atomic E-state index is 0.0199. The van der Waals surface area contributed by atoms with Crippen molar-refractivity contribution in [2.45, 2.75) is 62.4 Å². The largest absolute Gasteiger partial charge is 0.463 e. The lowest BCUT2D eigenvalue weighted by Gasteiger charge is -2.26. The molecular formula is C21H27N5O3S. The Kier molecular flexibility index (Phi) is 5.83. The van der Waals surface area contributed by atoms with Gasteiger partial charge in [0.15, 0.2) is 10.9 Å². The molecule has 0 spiro atoms. The van der Waals surface area contributed by atoms with Crippen molar-refractivity contribution in [1.29, 1.82) is 0 Å². The predicted octanol–water partition coefficient (Wildman–Crippen LogP) is 2.48. The van der Waals surface area contributed by atoms with Crippen LogP contribution in [0.5, 0.6) is 0 Å². The normalized spacial score (nSPS) is 28.8. The van der Waals surface area contributed by atoms with Gasteiger partial charge in [-0.1, -0.05) is 19.3 Å². The first-order valence-corrected chi connectivity index (χ1v) is 11.1. The van der Waals surface area contributed by atoms with Crippen molar-refractivity contribution in [2.75, 3.05) is 18.5 Å². The van der Waals surface area contributed by atoms with E-state index in [1.54, 1.807) is 12.5 Å². The van der Waals surface area contributed by atoms with E-state index in [4.69, 9.17) is 26.1 Å². The molecule has 5 rings (SSSR count). The quantitative estimate of drug-likeness (QED) is 0.620. The molecular weight excluding hydrogens is 402 g/mol. The number of aromatic nitrogens is 2. The van der Waals surface area contributed by atoms with E-state index in [0.717, 1.165) is 5.69 Å². The Morgan fingerprint density at radius 1 is 1.00 bits per heavy atom. The van der Waals surface area contributed by atoms with E-state index in [9.17, 15) is 0 Å². The molecule has 2 aliphatic heterocycles. The number of fused-ring (bicyclic) bond motifs is 1. The average molecular weight is 430 g/mol. The van der Waals surface area contributed by atoms with Crippen LogP contribution in [-0.2, 0) is 9.47 Å². The zero-order valence-electron chi connectivity index (χ0n) is 16.8. The fourth-order valence-corrected chi connectivity index (χ4v) is 4.86. The number of furan rings is 1. The number of hydrogen-bond acceptors (Lipinski definition) is 7. The minimum atomic E-state index is -0.0733. The summed E-state index contributed by atoms with van der Waals surface area (Å²) in [5, 5.41) is 10.9. The minimum Gasteiger partial charge on any atom is -0.463 e. The maximum atomic E-state index is 6.06. The van der Waals surface area contributed by atoms with Crippen molar-refractivity contribution in [3.05, 3.63) is 30.7 Å². The summed E-state index contributed by atoms with van der Waals surface area (Å²) in [4.78, 5) is 8.89. The summed E-state index contributed by atoms with van der Waals surface area (Å²) in [5.74, 6) is 1.24. The van der Waals surface area contributed by atoms with Crippen LogP contribution in [0.3, 0.4) is 0 Å². The molecule has 4 heterocycles. The summed E-state index contributed by atoms with van der Waals surface area (Å²) in [6.45, 7) is 1.10. The topological polar surface area (TPSA) is 93.5 Å². The van der Waals surface area contributed by atoms with E-state index in [-0.39, 0.29) is 24.3 Å². The van der Waals surface area contributed by atoms with E-state index in [1.807, 2.05) is 18.2 Å². The van der Waals surface area contributed by atoms with E-state index >= 15 is 0 Å². The van der Waals surface area contributed by atoms with E-state index in [0.29, 0.717) is 36.1 Å². The third-order valence-corrected chi connectivity index (χ3v) is 6.29. The number of anilines is 1. The van der Waals surface area contributed by atoms with Crippen molar-refractivity contribution in [3.8, 4) is 11.5 Å². The molecule has 4 atom stereocenters. The second-order valence-corrected chi connectivity index (χ2v) is 8.56. The molecule has 2 saturated heterocycles. The number of nitrogens with zero attached hydrogens (tertiary/aromatic N) is 2. The van der Waals surface area contributed by atoms with Crippen molar-refractivity contribution >= 4 is 23.3 Å². The molecule has 9 heteroatoms. The highest BCUT2D eigenvalue weighted by Crippen LogP contribution is 2.29. The Bertz CT molecular complexity index is 858. The number of hydrogen-bond donors (Lipinski definition) is 3. The first-order chi connectivity index (χ1) is 14.8. The van der Waals surface area contributed by atoms with E-state index < -0.39 is 0 Å². The Hall–Kier alpha value is -2.23. The molecule has 8 nitrogen and oxygen atoms in total. The Balaban J connectivity index is 1.17. The van der Waals surface area contributed by atoms with Gasteiger partial charge < -0.3 is 29.8 Å². The first kappa shape index (κ1) is 19.7. The number of ether oxygens (including phenoxy) is 2. The monoisotopic (exact) mass is 429 g/mol. The summed E-state index contributed by atoms with van der Waals surface area (Å²) < 4.78 is 17.5. The Morgan fingerprint density at radius 2 is 1.80 bits per heavy atom. The standard InChI is InChI=1S/C21H27N5O3S/c30-21(23-13-5-2-1-3-6-13)26-16-12-29-18-15(11-28-19(16)18)25-20-22-9-8-14(24-20)17-7-4-10-27-17/h4,7-10,13,15-16,18-19H,1-3,5-6,11-12H2,(H,22,24,25)(H2,23,26,30)/t15-,16-,18+,19+/m0/s1. The van der Waals surface area contributed by atoms with E-state index in [2.05, 4.69) is 25.9 Å². The lowest BCUT2D eigenvalue weighted by Crippen LogP contribution is -2.51. The van der Waals surface area contributed by atoms with Gasteiger partial charge in [-0.25, -0.2) is 9.97 Å². The van der Waals surface area contributed by atoms with Gasteiger partial charge in [-0.3, -0.25) is 0 Å². The molecule has 0 radical (unpaired) electrons. The molecule has 0 amide bonds. The lowest BCUT2D eigenvalue weighted by molar-refractivity contribution is 0.0688. The Labute approximate surface area is 181 Å². The number of nitrogens with one attached hydrogen (secondary N) is 3. The van der Waals surface area contributed by atoms with Crippen LogP contribution in [0.25, 0.3) is 11.5 Å². The van der Waals surface area contributed by atoms with Gasteiger partial charge in [0.25, 0.3) is 0 Å². The molecule has 0 bridgehead atoms. The molecule has 2 aromatic rings. The van der Waals surface area contributed by atoms with Crippen LogP contribution in [-0.4, -0.2) is 58.6 Å². The lowest BCUT2D eigenvalue weighted by atomic mass is 9.96. The molecule has 30 heavy (non-hydrogen) atoms. The Morgan fingerprint density at radius 3 is 2.60 bits per heavy atom. The molecule has 2 aromatic heterocycles. The molecule has 3 N–H and O–H groups in total. The molecule has 3 aliphatic rings. The molecule has 1 aliphatic carbocycles. The van der Waals surface area contributed by atoms with Crippen LogP contribution >= 0.6 is 12.2 Å². The maximum Gasteiger partial charge on any atom is 0.223 e. The zero-order valence-corrected chi connectivity index (χ0v) is 17.6. The summed E-state index contributed by atoms with van der Waals surface area (Å²) >= 11 is 5.54. The van der Waals surface area contributed by atoms with Crippen molar-refractivity contribution in [1.82, 2.24) is 20.6 Å². The molecule has 1 saturated carbocycles. The fraction of sp³-hybridized carbons (Fsp3) is 0.571. The van der Waals surface area contributed by atoms with Gasteiger partial charge in [0.05, 0.1) is 31.6 Å². The third kappa shape index (κ3) is 4.28. The van der Waals surface area contributed by atoms with Crippen LogP contribution in [0.15, 0.2) is 35.1 Å². The highest BCUT2D eigenvalue weighted by molar-refractivity contribution is 7.80. The van der Waals surface area contributed by atoms with Gasteiger partial charge in [-0.15, -0.1) is 0 Å². The third-order valence-electron chi connectivity index (χ3n) is 6.05. The first-order valence-electron chi connectivity index (χ1n) is 10.7. The van der Waals surface area contributed by atoms with E-state index in [1.165, 1.54) is 32.1 Å². The van der Waals surface area contributed by atoms with Crippen LogP contribution in [0, 0.1) is 0 Å². The van der Waals surface area contributed by atoms with Crippen LogP contribution < -0.4 is 16.0 Å². The summed E-state index contributed by atoms with van der Waals surface area (Å²) in [7, 11) is 0. The number of thiocarbonyl (C=S) groups is 1. The van der Waals surface area contributed by atoms with Gasteiger partial charge in [0, 0.05) is 12.2 Å². The second-order valence-electron chi connectivity index (χ2n) is 8.15. The smallest absolute Gasteiger partial charge is 0.223 e. The number of rotatable bonds is 5. The predicted molar refractivity (Wildman–Crippen MR) is 116 cm³/mol. The van der Waals surface area contributed by atoms with Crippen LogP contribution in [0.1, 0.15) is 32.1 Å². The van der Waals surface area contributed by atoms with Gasteiger partial charge in [0.2, 0.25) is 5.95 Å². The molecule has 3 fully saturated rings. The molecule has 0 unspecified atom stereocenters. The van der Waals surface area contributed by atoms with Gasteiger partial charge >= 0.3 is 0 Å². The second kappa shape index (κ2) is 8.87. The maximum absolute atomic E-state index is 6.06. The van der Waals surface area contributed by atoms with Crippen LogP contribution in [0.4, 0.5) is 5.95 Å². The summed E-state index contributed by atoms with van der Waals surface area (Å²) in [5.41, 5.74) is 0.735. The van der Waals surface area contributed by atoms with Gasteiger partial charge in [-0.2, -0.15) is 0 Å². The SMILES string of the molecule is S=C(NC1CCCCC1)N[C@H]1CO[C@H]2[C@@H]1OC[C@@H]2Nc1nccc(-c2ccco2)n1. The average Bonchev–Trinajstić information content (AvgIpc) is 3.50. The summed E-state index contributed by atoms with van der Waals surface area (Å²) in [6, 6.07) is 6.04. The molecule has 0 aromatic carbocycles. The molecule has 160 valence electrons. The highest BCUT2D eigenvalue weighted by Gasteiger charge is 2.48. The van der Waals surface area contributed by atoms with Gasteiger partial charge in [-0.05, 0) is 43.3 Å². The van der Waals surface area contributed by atoms with Gasteiger partial charge in [0.1, 0.15) is 17.9 Å². The van der Waals surface area contributed by atoms with Crippen molar-refractivity contribution < 1.29 is 13.9 Å². The van der Waals surface area contributed by atoms with Crippen LogP contribution in [0.2, 0.25) is 0 Å². The highest BCUT2D eigenvalue weighted by atomic mass is 32.1. The summed E-state index contributed by atoms with van der Waals surface area (Å²) in [6.07, 6.45) is 9.48. The fourth-order valence-electron chi connectivity index (χ4n) is 4.54. The van der Waals surface area contributed by atoms with Crippen molar-refractivity contribution in [2.24, 2.45) is 0 Å².